The van der Waals surface area contributed by atoms with Crippen molar-refractivity contribution in [2.24, 2.45) is 5.92 Å². The molecular weight excluding hydrogens is 466 g/mol. The molecule has 1 amide bonds. The minimum Gasteiger partial charge on any atom is -0.434 e. The molecule has 0 radical (unpaired) electrons. The zero-order valence-corrected chi connectivity index (χ0v) is 21.3. The highest BCUT2D eigenvalue weighted by atomic mass is 32.2. The smallest absolute Gasteiger partial charge is 0.266 e. The van der Waals surface area contributed by atoms with Crippen LogP contribution in [0.5, 0.6) is 0 Å². The summed E-state index contributed by atoms with van der Waals surface area (Å²) in [6.45, 7) is 1.93. The number of carbonyl (C=O) groups excluding carboxylic acids is 2. The van der Waals surface area contributed by atoms with Crippen LogP contribution in [0.2, 0.25) is 0 Å². The largest absolute Gasteiger partial charge is 0.434 e. The maximum Gasteiger partial charge on any atom is 0.266 e. The molecule has 0 unspecified atom stereocenters. The summed E-state index contributed by atoms with van der Waals surface area (Å²) < 4.78 is 31.4. The van der Waals surface area contributed by atoms with Crippen molar-refractivity contribution in [1.82, 2.24) is 15.6 Å². The fourth-order valence-electron chi connectivity index (χ4n) is 4.85. The van der Waals surface area contributed by atoms with E-state index < -0.39 is 33.6 Å². The zero-order valence-electron chi connectivity index (χ0n) is 20.5. The summed E-state index contributed by atoms with van der Waals surface area (Å²) in [6.07, 6.45) is 9.24. The summed E-state index contributed by atoms with van der Waals surface area (Å²) in [6, 6.07) is 5.50. The van der Waals surface area contributed by atoms with Crippen LogP contribution in [0.3, 0.4) is 0 Å². The normalized spacial score (nSPS) is 19.2. The molecule has 4 rings (SSSR count). The molecule has 2 saturated carbocycles. The molecule has 2 fully saturated rings. The van der Waals surface area contributed by atoms with Gasteiger partial charge in [-0.2, -0.15) is 0 Å². The number of hydrogen-bond donors (Lipinski definition) is 2. The lowest BCUT2D eigenvalue weighted by atomic mass is 10.1. The molecule has 0 aliphatic heterocycles. The number of nitrogens with zero attached hydrogens (tertiary/aromatic N) is 1. The first-order chi connectivity index (χ1) is 16.8. The van der Waals surface area contributed by atoms with Crippen LogP contribution in [0.1, 0.15) is 81.8 Å². The van der Waals surface area contributed by atoms with E-state index in [1.54, 1.807) is 18.2 Å². The van der Waals surface area contributed by atoms with Crippen molar-refractivity contribution in [3.05, 3.63) is 30.2 Å². The number of benzene rings is 1. The molecular formula is C26H37N3O5S. The van der Waals surface area contributed by atoms with Crippen LogP contribution in [-0.2, 0) is 14.6 Å². The average Bonchev–Trinajstić information content (AvgIpc) is 3.57. The van der Waals surface area contributed by atoms with Crippen molar-refractivity contribution in [2.45, 2.75) is 89.3 Å². The fraction of sp³-hybridized carbons (Fsp3) is 0.654. The van der Waals surface area contributed by atoms with E-state index in [9.17, 15) is 18.0 Å². The Bertz CT molecular complexity index is 1080. The number of aromatic nitrogens is 1. The van der Waals surface area contributed by atoms with E-state index in [2.05, 4.69) is 15.6 Å². The van der Waals surface area contributed by atoms with Crippen LogP contribution in [0.4, 0.5) is 0 Å². The molecule has 9 heteroatoms. The number of oxazole rings is 1. The van der Waals surface area contributed by atoms with E-state index in [0.717, 1.165) is 51.4 Å². The Balaban J connectivity index is 1.50. The van der Waals surface area contributed by atoms with Crippen LogP contribution in [0.15, 0.2) is 28.7 Å². The minimum atomic E-state index is -3.40. The Kier molecular flexibility index (Phi) is 8.59. The topological polar surface area (TPSA) is 118 Å². The van der Waals surface area contributed by atoms with Gasteiger partial charge in [0.2, 0.25) is 11.7 Å². The van der Waals surface area contributed by atoms with E-state index in [-0.39, 0.29) is 29.4 Å². The summed E-state index contributed by atoms with van der Waals surface area (Å²) in [7, 11) is -3.40. The molecule has 8 nitrogen and oxygen atoms in total. The number of carbonyl (C=O) groups is 2. The van der Waals surface area contributed by atoms with Crippen molar-refractivity contribution in [3.8, 4) is 0 Å². The third kappa shape index (κ3) is 7.36. The Morgan fingerprint density at radius 2 is 1.77 bits per heavy atom. The predicted octanol–water partition coefficient (Wildman–Crippen LogP) is 3.80. The highest BCUT2D eigenvalue weighted by molar-refractivity contribution is 7.91. The van der Waals surface area contributed by atoms with Gasteiger partial charge in [-0.25, -0.2) is 13.4 Å². The number of para-hydroxylation sites is 2. The molecule has 2 N–H and O–H groups in total. The molecule has 192 valence electrons. The monoisotopic (exact) mass is 503 g/mol. The maximum atomic E-state index is 13.4. The fourth-order valence-corrected chi connectivity index (χ4v) is 6.80. The van der Waals surface area contributed by atoms with Gasteiger partial charge in [-0.05, 0) is 50.2 Å². The number of Topliss-reactive ketones (excluding diaryl/α,β-unsaturated/α-hetero) is 1. The third-order valence-corrected chi connectivity index (χ3v) is 8.75. The van der Waals surface area contributed by atoms with Gasteiger partial charge in [-0.3, -0.25) is 9.59 Å². The number of hydrogen-bond acceptors (Lipinski definition) is 7. The van der Waals surface area contributed by atoms with Gasteiger partial charge in [0.05, 0.1) is 17.5 Å². The van der Waals surface area contributed by atoms with Gasteiger partial charge < -0.3 is 15.1 Å². The lowest BCUT2D eigenvalue weighted by Crippen LogP contribution is -2.55. The van der Waals surface area contributed by atoms with Crippen LogP contribution < -0.4 is 10.6 Å². The SMILES string of the molecule is CCC[C@H](NC(=O)[C@H](CS(=O)(=O)CC1CC1)NC1CCCCCC1)C(=O)c1nc2ccccc2o1. The van der Waals surface area contributed by atoms with Crippen molar-refractivity contribution in [1.29, 1.82) is 0 Å². The zero-order chi connectivity index (χ0) is 24.8. The molecule has 35 heavy (non-hydrogen) atoms. The first-order valence-corrected chi connectivity index (χ1v) is 14.8. The Morgan fingerprint density at radius 1 is 1.06 bits per heavy atom. The Hall–Kier alpha value is -2.26. The van der Waals surface area contributed by atoms with Gasteiger partial charge in [0.15, 0.2) is 15.4 Å². The average molecular weight is 504 g/mol. The number of nitrogens with one attached hydrogen (secondary N) is 2. The summed E-state index contributed by atoms with van der Waals surface area (Å²) in [4.78, 5) is 31.0. The first kappa shape index (κ1) is 25.8. The summed E-state index contributed by atoms with van der Waals surface area (Å²) in [5, 5.41) is 6.19. The van der Waals surface area contributed by atoms with Crippen molar-refractivity contribution < 1.29 is 22.4 Å². The summed E-state index contributed by atoms with van der Waals surface area (Å²) >= 11 is 0. The van der Waals surface area contributed by atoms with E-state index in [1.165, 1.54) is 0 Å². The van der Waals surface area contributed by atoms with Crippen molar-refractivity contribution in [2.75, 3.05) is 11.5 Å². The van der Waals surface area contributed by atoms with Gasteiger partial charge in [0.25, 0.3) is 5.89 Å². The lowest BCUT2D eigenvalue weighted by Gasteiger charge is -2.26. The summed E-state index contributed by atoms with van der Waals surface area (Å²) in [5.41, 5.74) is 1.09. The lowest BCUT2D eigenvalue weighted by molar-refractivity contribution is -0.123. The second-order valence-corrected chi connectivity index (χ2v) is 12.3. The Morgan fingerprint density at radius 3 is 2.43 bits per heavy atom. The minimum absolute atomic E-state index is 0.0421. The third-order valence-electron chi connectivity index (χ3n) is 6.93. The van der Waals surface area contributed by atoms with Crippen molar-refractivity contribution in [3.63, 3.8) is 0 Å². The van der Waals surface area contributed by atoms with Crippen LogP contribution in [0.25, 0.3) is 11.1 Å². The van der Waals surface area contributed by atoms with Crippen LogP contribution in [0, 0.1) is 5.92 Å². The number of fused-ring (bicyclic) bond motifs is 1. The van der Waals surface area contributed by atoms with Crippen LogP contribution in [-0.4, -0.2) is 54.7 Å². The highest BCUT2D eigenvalue weighted by Gasteiger charge is 2.35. The van der Waals surface area contributed by atoms with Gasteiger partial charge >= 0.3 is 0 Å². The molecule has 0 saturated heterocycles. The molecule has 2 aliphatic rings. The quantitative estimate of drug-likeness (QED) is 0.334. The molecule has 2 atom stereocenters. The van der Waals surface area contributed by atoms with Gasteiger partial charge in [0.1, 0.15) is 11.6 Å². The highest BCUT2D eigenvalue weighted by Crippen LogP contribution is 2.30. The van der Waals surface area contributed by atoms with E-state index >= 15 is 0 Å². The molecule has 1 aromatic heterocycles. The van der Waals surface area contributed by atoms with Gasteiger partial charge in [0, 0.05) is 6.04 Å². The second-order valence-electron chi connectivity index (χ2n) is 10.1. The molecule has 2 aliphatic carbocycles. The molecule has 0 spiro atoms. The van der Waals surface area contributed by atoms with E-state index in [0.29, 0.717) is 23.9 Å². The van der Waals surface area contributed by atoms with Crippen LogP contribution >= 0.6 is 0 Å². The second kappa shape index (κ2) is 11.6. The summed E-state index contributed by atoms with van der Waals surface area (Å²) in [5.74, 6) is -0.790. The van der Waals surface area contributed by atoms with E-state index in [1.807, 2.05) is 13.0 Å². The van der Waals surface area contributed by atoms with Crippen molar-refractivity contribution >= 4 is 32.6 Å². The number of sulfone groups is 1. The maximum absolute atomic E-state index is 13.4. The molecule has 1 heterocycles. The predicted molar refractivity (Wildman–Crippen MR) is 135 cm³/mol. The Labute approximate surface area is 207 Å². The molecule has 0 bridgehead atoms. The van der Waals surface area contributed by atoms with Gasteiger partial charge in [-0.1, -0.05) is 51.2 Å². The molecule has 1 aromatic carbocycles. The number of ketones is 1. The molecule has 2 aromatic rings. The standard InChI is InChI=1S/C26H37N3O5S/c1-2-9-21(24(30)26-29-20-12-7-8-13-23(20)34-26)28-25(31)22(17-35(32,33)16-18-14-15-18)27-19-10-5-3-4-6-11-19/h7-8,12-13,18-19,21-22,27H,2-6,9-11,14-17H2,1H3,(H,28,31)/t21-,22-/m0/s1. The first-order valence-electron chi connectivity index (χ1n) is 13.0. The van der Waals surface area contributed by atoms with Gasteiger partial charge in [-0.15, -0.1) is 0 Å². The number of amides is 1. The van der Waals surface area contributed by atoms with E-state index in [4.69, 9.17) is 4.42 Å². The number of rotatable bonds is 12.